The number of rotatable bonds is 8. The number of ether oxygens (including phenoxy) is 2. The molecule has 1 saturated heterocycles. The lowest BCUT2D eigenvalue weighted by molar-refractivity contribution is -0.384. The van der Waals surface area contributed by atoms with Crippen molar-refractivity contribution in [2.24, 2.45) is 0 Å². The van der Waals surface area contributed by atoms with E-state index in [1.54, 1.807) is 19.4 Å². The summed E-state index contributed by atoms with van der Waals surface area (Å²) < 4.78 is 13.0. The lowest BCUT2D eigenvalue weighted by Crippen LogP contribution is -2.29. The zero-order valence-corrected chi connectivity index (χ0v) is 22.9. The van der Waals surface area contributed by atoms with Crippen LogP contribution in [-0.4, -0.2) is 38.7 Å². The maximum atomic E-state index is 11.4. The SMILES string of the molecule is COc1ccc(CN2C(=S)N[C@@H](c3ccccn3)[C@H]2c2cc(C)n(-c3ccc([N+](=O)[O-])cc3OC)c2C)cc1. The molecule has 2 aromatic heterocycles. The highest BCUT2D eigenvalue weighted by molar-refractivity contribution is 7.80. The molecule has 4 aromatic rings. The summed E-state index contributed by atoms with van der Waals surface area (Å²) in [5.41, 5.74) is 5.72. The average Bonchev–Trinajstić information content (AvgIpc) is 3.43. The van der Waals surface area contributed by atoms with Gasteiger partial charge in [-0.3, -0.25) is 15.1 Å². The molecular weight excluding hydrogens is 514 g/mol. The summed E-state index contributed by atoms with van der Waals surface area (Å²) in [6.45, 7) is 4.65. The van der Waals surface area contributed by atoms with Gasteiger partial charge in [0.05, 0.1) is 48.7 Å². The predicted octanol–water partition coefficient (Wildman–Crippen LogP) is 5.59. The van der Waals surface area contributed by atoms with Gasteiger partial charge in [-0.25, -0.2) is 0 Å². The molecule has 10 heteroatoms. The normalized spacial score (nSPS) is 16.7. The van der Waals surface area contributed by atoms with Crippen molar-refractivity contribution < 1.29 is 14.4 Å². The number of thiocarbonyl (C=S) groups is 1. The molecular formula is C29H29N5O4S. The van der Waals surface area contributed by atoms with Crippen molar-refractivity contribution in [2.45, 2.75) is 32.5 Å². The van der Waals surface area contributed by atoms with Crippen molar-refractivity contribution in [1.82, 2.24) is 19.8 Å². The van der Waals surface area contributed by atoms with Gasteiger partial charge >= 0.3 is 0 Å². The number of aromatic nitrogens is 2. The lowest BCUT2D eigenvalue weighted by atomic mass is 9.96. The standard InChI is InChI=1S/C29H29N5O4S/c1-18-15-23(19(2)33(18)25-13-10-21(34(35)36)16-26(25)38-4)28-27(24-7-5-6-14-30-24)31-29(39)32(28)17-20-8-11-22(37-3)12-9-20/h5-16,27-28H,17H2,1-4H3,(H,31,39)/t27-,28+/m0/s1. The summed E-state index contributed by atoms with van der Waals surface area (Å²) >= 11 is 5.87. The Balaban J connectivity index is 1.61. The molecule has 0 spiro atoms. The number of nitrogens with zero attached hydrogens (tertiary/aromatic N) is 4. The van der Waals surface area contributed by atoms with Crippen LogP contribution in [-0.2, 0) is 6.54 Å². The van der Waals surface area contributed by atoms with Gasteiger partial charge in [-0.05, 0) is 73.6 Å². The fourth-order valence-electron chi connectivity index (χ4n) is 5.26. The molecule has 9 nitrogen and oxygen atoms in total. The van der Waals surface area contributed by atoms with E-state index in [-0.39, 0.29) is 17.8 Å². The lowest BCUT2D eigenvalue weighted by Gasteiger charge is -2.28. The van der Waals surface area contributed by atoms with E-state index in [0.29, 0.717) is 17.4 Å². The molecule has 1 N–H and O–H groups in total. The molecule has 0 radical (unpaired) electrons. The van der Waals surface area contributed by atoms with Crippen LogP contribution in [0.5, 0.6) is 11.5 Å². The Hall–Kier alpha value is -4.44. The first-order valence-corrected chi connectivity index (χ1v) is 12.9. The van der Waals surface area contributed by atoms with Crippen LogP contribution in [0.3, 0.4) is 0 Å². The maximum absolute atomic E-state index is 11.4. The maximum Gasteiger partial charge on any atom is 0.273 e. The fourth-order valence-corrected chi connectivity index (χ4v) is 5.57. The minimum atomic E-state index is -0.424. The van der Waals surface area contributed by atoms with Crippen molar-refractivity contribution in [3.05, 3.63) is 111 Å². The zero-order chi connectivity index (χ0) is 27.7. The van der Waals surface area contributed by atoms with E-state index in [4.69, 9.17) is 21.7 Å². The first-order valence-electron chi connectivity index (χ1n) is 12.4. The highest BCUT2D eigenvalue weighted by atomic mass is 32.1. The van der Waals surface area contributed by atoms with Crippen molar-refractivity contribution >= 4 is 23.0 Å². The van der Waals surface area contributed by atoms with Crippen LogP contribution >= 0.6 is 12.2 Å². The van der Waals surface area contributed by atoms with Gasteiger partial charge in [-0.15, -0.1) is 0 Å². The second kappa shape index (κ2) is 10.7. The summed E-state index contributed by atoms with van der Waals surface area (Å²) in [6.07, 6.45) is 1.79. The van der Waals surface area contributed by atoms with Gasteiger partial charge in [0.2, 0.25) is 0 Å². The third kappa shape index (κ3) is 4.90. The van der Waals surface area contributed by atoms with Gasteiger partial charge in [0.25, 0.3) is 5.69 Å². The monoisotopic (exact) mass is 543 g/mol. The number of hydrogen-bond donors (Lipinski definition) is 1. The molecule has 39 heavy (non-hydrogen) atoms. The van der Waals surface area contributed by atoms with Gasteiger partial charge < -0.3 is 24.3 Å². The Bertz CT molecular complexity index is 1520. The average molecular weight is 544 g/mol. The Labute approximate surface area is 232 Å². The molecule has 0 bridgehead atoms. The third-order valence-corrected chi connectivity index (χ3v) is 7.47. The molecule has 0 saturated carbocycles. The second-order valence-electron chi connectivity index (χ2n) is 9.38. The molecule has 3 heterocycles. The number of aryl methyl sites for hydroxylation is 1. The van der Waals surface area contributed by atoms with Gasteiger partial charge in [0, 0.05) is 30.2 Å². The quantitative estimate of drug-likeness (QED) is 0.175. The second-order valence-corrected chi connectivity index (χ2v) is 9.76. The summed E-state index contributed by atoms with van der Waals surface area (Å²) in [4.78, 5) is 17.8. The molecule has 1 aliphatic heterocycles. The largest absolute Gasteiger partial charge is 0.497 e. The highest BCUT2D eigenvalue weighted by Gasteiger charge is 2.41. The Morgan fingerprint density at radius 3 is 2.46 bits per heavy atom. The van der Waals surface area contributed by atoms with Crippen LogP contribution in [0.1, 0.15) is 40.3 Å². The van der Waals surface area contributed by atoms with E-state index in [1.807, 2.05) is 56.3 Å². The Kier molecular flexibility index (Phi) is 7.21. The van der Waals surface area contributed by atoms with Crippen molar-refractivity contribution in [2.75, 3.05) is 14.2 Å². The summed E-state index contributed by atoms with van der Waals surface area (Å²) in [7, 11) is 3.17. The van der Waals surface area contributed by atoms with E-state index in [0.717, 1.165) is 39.6 Å². The van der Waals surface area contributed by atoms with E-state index < -0.39 is 4.92 Å². The van der Waals surface area contributed by atoms with E-state index in [1.165, 1.54) is 19.2 Å². The molecule has 5 rings (SSSR count). The van der Waals surface area contributed by atoms with Gasteiger partial charge in [0.15, 0.2) is 5.11 Å². The molecule has 0 amide bonds. The van der Waals surface area contributed by atoms with E-state index in [9.17, 15) is 10.1 Å². The first-order chi connectivity index (χ1) is 18.8. The van der Waals surface area contributed by atoms with Crippen LogP contribution in [0.15, 0.2) is 72.9 Å². The van der Waals surface area contributed by atoms with Crippen molar-refractivity contribution in [3.8, 4) is 17.2 Å². The van der Waals surface area contributed by atoms with Crippen LogP contribution in [0.2, 0.25) is 0 Å². The van der Waals surface area contributed by atoms with Crippen LogP contribution < -0.4 is 14.8 Å². The van der Waals surface area contributed by atoms with Crippen molar-refractivity contribution in [1.29, 1.82) is 0 Å². The molecule has 1 fully saturated rings. The molecule has 0 unspecified atom stereocenters. The molecule has 2 aromatic carbocycles. The zero-order valence-electron chi connectivity index (χ0n) is 22.1. The summed E-state index contributed by atoms with van der Waals surface area (Å²) in [6, 6.07) is 20.3. The number of nitro benzene ring substituents is 1. The minimum Gasteiger partial charge on any atom is -0.497 e. The van der Waals surface area contributed by atoms with Crippen LogP contribution in [0.25, 0.3) is 5.69 Å². The van der Waals surface area contributed by atoms with Gasteiger partial charge in [-0.1, -0.05) is 18.2 Å². The number of benzene rings is 2. The van der Waals surface area contributed by atoms with Crippen LogP contribution in [0, 0.1) is 24.0 Å². The van der Waals surface area contributed by atoms with Crippen molar-refractivity contribution in [3.63, 3.8) is 0 Å². The Morgan fingerprint density at radius 1 is 1.05 bits per heavy atom. The Morgan fingerprint density at radius 2 is 1.82 bits per heavy atom. The number of non-ortho nitro benzene ring substituents is 1. The van der Waals surface area contributed by atoms with Crippen LogP contribution in [0.4, 0.5) is 5.69 Å². The number of methoxy groups -OCH3 is 2. The molecule has 1 aliphatic rings. The van der Waals surface area contributed by atoms with Gasteiger partial charge in [0.1, 0.15) is 11.5 Å². The molecule has 0 aliphatic carbocycles. The molecule has 200 valence electrons. The third-order valence-electron chi connectivity index (χ3n) is 7.11. The molecule has 2 atom stereocenters. The summed E-state index contributed by atoms with van der Waals surface area (Å²) in [5, 5.41) is 15.5. The number of hydrogen-bond acceptors (Lipinski definition) is 6. The van der Waals surface area contributed by atoms with E-state index >= 15 is 0 Å². The fraction of sp³-hybridized carbons (Fsp3) is 0.241. The first kappa shape index (κ1) is 26.2. The smallest absolute Gasteiger partial charge is 0.273 e. The van der Waals surface area contributed by atoms with Gasteiger partial charge in [-0.2, -0.15) is 0 Å². The minimum absolute atomic E-state index is 0.0236. The van der Waals surface area contributed by atoms with E-state index in [2.05, 4.69) is 25.8 Å². The predicted molar refractivity (Wildman–Crippen MR) is 152 cm³/mol. The number of pyridine rings is 1. The number of nitro groups is 1. The number of nitrogens with one attached hydrogen (secondary N) is 1. The highest BCUT2D eigenvalue weighted by Crippen LogP contribution is 2.43. The summed E-state index contributed by atoms with van der Waals surface area (Å²) in [5.74, 6) is 1.22. The topological polar surface area (TPSA) is 94.7 Å².